The Morgan fingerprint density at radius 3 is 2.25 bits per heavy atom. The molecule has 1 heteroatoms. The van der Waals surface area contributed by atoms with Crippen molar-refractivity contribution >= 4 is 21.5 Å². The van der Waals surface area contributed by atoms with Crippen LogP contribution in [0.2, 0.25) is 0 Å². The Balaban J connectivity index is 1.58. The van der Waals surface area contributed by atoms with Crippen LogP contribution in [0.15, 0.2) is 91.1 Å². The van der Waals surface area contributed by atoms with Crippen molar-refractivity contribution in [2.24, 2.45) is 0 Å². The largest absolute Gasteiger partial charge is 0.256 e. The van der Waals surface area contributed by atoms with Gasteiger partial charge in [-0.25, -0.2) is 0 Å². The van der Waals surface area contributed by atoms with Gasteiger partial charge in [0, 0.05) is 17.1 Å². The van der Waals surface area contributed by atoms with E-state index < -0.39 is 0 Å². The van der Waals surface area contributed by atoms with Crippen molar-refractivity contribution in [1.82, 2.24) is 4.98 Å². The zero-order valence-corrected chi connectivity index (χ0v) is 15.5. The van der Waals surface area contributed by atoms with E-state index in [2.05, 4.69) is 84.9 Å². The second-order valence-electron chi connectivity index (χ2n) is 7.57. The first-order valence-corrected chi connectivity index (χ1v) is 9.86. The van der Waals surface area contributed by atoms with Crippen molar-refractivity contribution in [2.45, 2.75) is 12.8 Å². The molecule has 0 saturated heterocycles. The fourth-order valence-corrected chi connectivity index (χ4v) is 4.65. The lowest BCUT2D eigenvalue weighted by Crippen LogP contribution is -2.05. The van der Waals surface area contributed by atoms with Gasteiger partial charge in [-0.15, -0.1) is 0 Å². The van der Waals surface area contributed by atoms with E-state index in [4.69, 9.17) is 4.98 Å². The molecule has 1 aliphatic rings. The van der Waals surface area contributed by atoms with Gasteiger partial charge in [-0.05, 0) is 63.4 Å². The molecule has 0 unspecified atom stereocenters. The number of nitrogens with zero attached hydrogens (tertiary/aromatic N) is 1. The Labute approximate surface area is 164 Å². The van der Waals surface area contributed by atoms with Gasteiger partial charge < -0.3 is 0 Å². The third kappa shape index (κ3) is 2.30. The fraction of sp³-hybridized carbons (Fsp3) is 0.0741. The van der Waals surface area contributed by atoms with Crippen LogP contribution < -0.4 is 0 Å². The average Bonchev–Trinajstić information content (AvgIpc) is 2.78. The number of benzene rings is 4. The smallest absolute Gasteiger partial charge is 0.0780 e. The third-order valence-corrected chi connectivity index (χ3v) is 6.00. The van der Waals surface area contributed by atoms with Gasteiger partial charge in [0.15, 0.2) is 0 Å². The number of aromatic nitrogens is 1. The van der Waals surface area contributed by atoms with Gasteiger partial charge in [0.25, 0.3) is 0 Å². The molecule has 28 heavy (non-hydrogen) atoms. The Morgan fingerprint density at radius 1 is 0.607 bits per heavy atom. The number of pyridine rings is 1. The SMILES string of the molecule is c1ccc2c(-c3ccc4c(c3)CCc3ccc5ccccc5c3-4)nccc2c1. The summed E-state index contributed by atoms with van der Waals surface area (Å²) in [5.74, 6) is 0. The first-order chi connectivity index (χ1) is 13.9. The Morgan fingerprint density at radius 2 is 1.36 bits per heavy atom. The van der Waals surface area contributed by atoms with E-state index in [1.807, 2.05) is 6.20 Å². The zero-order chi connectivity index (χ0) is 18.5. The summed E-state index contributed by atoms with van der Waals surface area (Å²) in [4.78, 5) is 4.72. The third-order valence-electron chi connectivity index (χ3n) is 6.00. The monoisotopic (exact) mass is 357 g/mol. The first-order valence-electron chi connectivity index (χ1n) is 9.86. The highest BCUT2D eigenvalue weighted by Gasteiger charge is 2.19. The van der Waals surface area contributed by atoms with Gasteiger partial charge in [0.2, 0.25) is 0 Å². The minimum atomic E-state index is 1.07. The van der Waals surface area contributed by atoms with Crippen molar-refractivity contribution in [3.8, 4) is 22.4 Å². The molecule has 0 spiro atoms. The lowest BCUT2D eigenvalue weighted by atomic mass is 9.82. The second kappa shape index (κ2) is 6.03. The molecular formula is C27H19N. The van der Waals surface area contributed by atoms with Crippen molar-refractivity contribution in [3.05, 3.63) is 102 Å². The van der Waals surface area contributed by atoms with E-state index in [0.717, 1.165) is 18.5 Å². The summed E-state index contributed by atoms with van der Waals surface area (Å²) in [6, 6.07) is 30.8. The minimum Gasteiger partial charge on any atom is -0.256 e. The molecule has 1 heterocycles. The molecular weight excluding hydrogens is 338 g/mol. The van der Waals surface area contributed by atoms with E-state index in [1.54, 1.807) is 0 Å². The van der Waals surface area contributed by atoms with Crippen LogP contribution in [0.1, 0.15) is 11.1 Å². The van der Waals surface area contributed by atoms with Gasteiger partial charge in [-0.3, -0.25) is 4.98 Å². The van der Waals surface area contributed by atoms with Gasteiger partial charge in [-0.2, -0.15) is 0 Å². The van der Waals surface area contributed by atoms with Gasteiger partial charge in [0.05, 0.1) is 5.69 Å². The highest BCUT2D eigenvalue weighted by molar-refractivity contribution is 6.01. The molecule has 0 bridgehead atoms. The van der Waals surface area contributed by atoms with Crippen molar-refractivity contribution in [1.29, 1.82) is 0 Å². The molecule has 0 amide bonds. The zero-order valence-electron chi connectivity index (χ0n) is 15.5. The topological polar surface area (TPSA) is 12.9 Å². The predicted octanol–water partition coefficient (Wildman–Crippen LogP) is 6.82. The van der Waals surface area contributed by atoms with Crippen LogP contribution in [-0.2, 0) is 12.8 Å². The van der Waals surface area contributed by atoms with Crippen LogP contribution in [0.4, 0.5) is 0 Å². The highest BCUT2D eigenvalue weighted by Crippen LogP contribution is 2.40. The van der Waals surface area contributed by atoms with E-state index in [-0.39, 0.29) is 0 Å². The van der Waals surface area contributed by atoms with Crippen molar-refractivity contribution < 1.29 is 0 Å². The maximum Gasteiger partial charge on any atom is 0.0780 e. The van der Waals surface area contributed by atoms with Gasteiger partial charge in [0.1, 0.15) is 0 Å². The van der Waals surface area contributed by atoms with Crippen LogP contribution >= 0.6 is 0 Å². The number of hydrogen-bond acceptors (Lipinski definition) is 1. The predicted molar refractivity (Wildman–Crippen MR) is 118 cm³/mol. The van der Waals surface area contributed by atoms with Crippen LogP contribution in [0.5, 0.6) is 0 Å². The Kier molecular flexibility index (Phi) is 3.36. The molecule has 5 aromatic rings. The maximum atomic E-state index is 4.72. The molecule has 0 fully saturated rings. The molecule has 1 nitrogen and oxygen atoms in total. The second-order valence-corrected chi connectivity index (χ2v) is 7.57. The Hall–Kier alpha value is -3.45. The summed E-state index contributed by atoms with van der Waals surface area (Å²) in [7, 11) is 0. The molecule has 0 saturated carbocycles. The minimum absolute atomic E-state index is 1.07. The molecule has 0 aliphatic heterocycles. The number of rotatable bonds is 1. The van der Waals surface area contributed by atoms with Crippen molar-refractivity contribution in [2.75, 3.05) is 0 Å². The Bertz CT molecular complexity index is 1360. The summed E-state index contributed by atoms with van der Waals surface area (Å²) in [6.45, 7) is 0. The summed E-state index contributed by atoms with van der Waals surface area (Å²) >= 11 is 0. The van der Waals surface area contributed by atoms with E-state index in [0.29, 0.717) is 0 Å². The summed E-state index contributed by atoms with van der Waals surface area (Å²) in [5, 5.41) is 5.12. The van der Waals surface area contributed by atoms with Crippen LogP contribution in [0, 0.1) is 0 Å². The lowest BCUT2D eigenvalue weighted by molar-refractivity contribution is 0.945. The molecule has 1 aliphatic carbocycles. The lowest BCUT2D eigenvalue weighted by Gasteiger charge is -2.22. The molecule has 6 rings (SSSR count). The summed E-state index contributed by atoms with van der Waals surface area (Å²) in [6.07, 6.45) is 4.10. The fourth-order valence-electron chi connectivity index (χ4n) is 4.65. The van der Waals surface area contributed by atoms with Crippen LogP contribution in [-0.4, -0.2) is 4.98 Å². The van der Waals surface area contributed by atoms with Crippen molar-refractivity contribution in [3.63, 3.8) is 0 Å². The van der Waals surface area contributed by atoms with Gasteiger partial charge in [-0.1, -0.05) is 72.8 Å². The number of hydrogen-bond donors (Lipinski definition) is 0. The first kappa shape index (κ1) is 15.6. The van der Waals surface area contributed by atoms with E-state index in [1.165, 1.54) is 49.4 Å². The summed E-state index contributed by atoms with van der Waals surface area (Å²) in [5.41, 5.74) is 7.96. The molecule has 4 aromatic carbocycles. The van der Waals surface area contributed by atoms with Crippen LogP contribution in [0.3, 0.4) is 0 Å². The molecule has 132 valence electrons. The van der Waals surface area contributed by atoms with Crippen LogP contribution in [0.25, 0.3) is 43.9 Å². The normalized spacial score (nSPS) is 12.7. The highest BCUT2D eigenvalue weighted by atomic mass is 14.7. The van der Waals surface area contributed by atoms with E-state index >= 15 is 0 Å². The van der Waals surface area contributed by atoms with Gasteiger partial charge >= 0.3 is 0 Å². The average molecular weight is 357 g/mol. The summed E-state index contributed by atoms with van der Waals surface area (Å²) < 4.78 is 0. The number of fused-ring (bicyclic) bond motifs is 6. The maximum absolute atomic E-state index is 4.72. The molecule has 0 N–H and O–H groups in total. The van der Waals surface area contributed by atoms with E-state index in [9.17, 15) is 0 Å². The quantitative estimate of drug-likeness (QED) is 0.321. The number of aryl methyl sites for hydroxylation is 2. The standard InChI is InChI=1S/C27H19N/c1-3-7-23-18(5-1)9-10-20-11-12-21-17-22(13-14-24(21)26(20)23)27-25-8-4-2-6-19(25)15-16-28-27/h1-10,13-17H,11-12H2. The molecule has 0 atom stereocenters. The molecule has 1 aromatic heterocycles. The molecule has 0 radical (unpaired) electrons.